The summed E-state index contributed by atoms with van der Waals surface area (Å²) in [5.74, 6) is 0.0632. The predicted molar refractivity (Wildman–Crippen MR) is 107 cm³/mol. The third-order valence-electron chi connectivity index (χ3n) is 5.13. The molecular weight excluding hydrogens is 342 g/mol. The van der Waals surface area contributed by atoms with E-state index in [9.17, 15) is 9.59 Å². The normalized spacial score (nSPS) is 17.4. The minimum Gasteiger partial charge on any atom is -0.465 e. The van der Waals surface area contributed by atoms with Crippen LogP contribution in [0.25, 0.3) is 0 Å². The third-order valence-corrected chi connectivity index (χ3v) is 5.13. The summed E-state index contributed by atoms with van der Waals surface area (Å²) in [6.07, 6.45) is 3.36. The molecule has 1 saturated heterocycles. The summed E-state index contributed by atoms with van der Waals surface area (Å²) in [6, 6.07) is 8.33. The van der Waals surface area contributed by atoms with E-state index in [1.807, 2.05) is 0 Å². The Balaban J connectivity index is 1.74. The molecule has 1 atom stereocenters. The second kappa shape index (κ2) is 10.9. The second-order valence-corrected chi connectivity index (χ2v) is 7.33. The smallest absolute Gasteiger partial charge is 0.325 e. The Morgan fingerprint density at radius 3 is 2.85 bits per heavy atom. The number of carbonyl (C=O) groups is 2. The highest BCUT2D eigenvalue weighted by atomic mass is 16.5. The maximum absolute atomic E-state index is 12.1. The van der Waals surface area contributed by atoms with Gasteiger partial charge in [0.15, 0.2) is 0 Å². The molecule has 1 N–H and O–H groups in total. The van der Waals surface area contributed by atoms with Crippen molar-refractivity contribution in [1.29, 1.82) is 0 Å². The fourth-order valence-electron chi connectivity index (χ4n) is 3.64. The maximum atomic E-state index is 12.1. The summed E-state index contributed by atoms with van der Waals surface area (Å²) in [5, 5.41) is 2.62. The molecule has 6 heteroatoms. The zero-order valence-corrected chi connectivity index (χ0v) is 16.9. The number of amides is 2. The van der Waals surface area contributed by atoms with E-state index < -0.39 is 5.97 Å². The van der Waals surface area contributed by atoms with Crippen molar-refractivity contribution in [2.75, 3.05) is 46.4 Å². The average molecular weight is 376 g/mol. The molecule has 1 aliphatic heterocycles. The number of esters is 1. The first-order valence-electron chi connectivity index (χ1n) is 9.91. The van der Waals surface area contributed by atoms with E-state index in [0.29, 0.717) is 19.1 Å². The second-order valence-electron chi connectivity index (χ2n) is 7.33. The standard InChI is InChI=1S/C21H33N3O3/c1-4-27-20(25)14-22-21(26)23(3)15-18-9-7-12-24(16-18)13-11-19-10-6-5-8-17(19)2/h5-6,8,10,18H,4,7,9,11-16H2,1-3H3,(H,22,26)/t18-/m0/s1. The molecule has 2 rings (SSSR count). The minimum atomic E-state index is -0.403. The number of likely N-dealkylation sites (tertiary alicyclic amines) is 1. The molecule has 6 nitrogen and oxygen atoms in total. The van der Waals surface area contributed by atoms with Crippen molar-refractivity contribution in [3.63, 3.8) is 0 Å². The number of carbonyl (C=O) groups excluding carboxylic acids is 2. The van der Waals surface area contributed by atoms with Gasteiger partial charge in [0.2, 0.25) is 0 Å². The number of piperidine rings is 1. The highest BCUT2D eigenvalue weighted by Crippen LogP contribution is 2.18. The van der Waals surface area contributed by atoms with Crippen LogP contribution in [0.5, 0.6) is 0 Å². The number of hydrogen-bond acceptors (Lipinski definition) is 4. The van der Waals surface area contributed by atoms with E-state index in [-0.39, 0.29) is 12.6 Å². The molecule has 0 aliphatic carbocycles. The number of nitrogens with one attached hydrogen (secondary N) is 1. The molecule has 0 radical (unpaired) electrons. The molecule has 1 aromatic carbocycles. The highest BCUT2D eigenvalue weighted by Gasteiger charge is 2.23. The van der Waals surface area contributed by atoms with Crippen LogP contribution in [0, 0.1) is 12.8 Å². The molecule has 27 heavy (non-hydrogen) atoms. The van der Waals surface area contributed by atoms with Crippen LogP contribution < -0.4 is 5.32 Å². The molecule has 0 saturated carbocycles. The van der Waals surface area contributed by atoms with Gasteiger partial charge in [-0.2, -0.15) is 0 Å². The SMILES string of the molecule is CCOC(=O)CNC(=O)N(C)C[C@@H]1CCCN(CCc2ccccc2C)C1. The Hall–Kier alpha value is -2.08. The molecule has 1 aliphatic rings. The lowest BCUT2D eigenvalue weighted by Crippen LogP contribution is -2.46. The molecule has 1 aromatic rings. The number of rotatable bonds is 8. The van der Waals surface area contributed by atoms with E-state index in [1.165, 1.54) is 11.1 Å². The molecule has 0 bridgehead atoms. The number of aryl methyl sites for hydroxylation is 1. The lowest BCUT2D eigenvalue weighted by atomic mass is 9.97. The van der Waals surface area contributed by atoms with Crippen LogP contribution in [-0.2, 0) is 16.0 Å². The van der Waals surface area contributed by atoms with Crippen molar-refractivity contribution in [2.45, 2.75) is 33.1 Å². The number of hydrogen-bond donors (Lipinski definition) is 1. The number of urea groups is 1. The van der Waals surface area contributed by atoms with Crippen LogP contribution >= 0.6 is 0 Å². The zero-order valence-electron chi connectivity index (χ0n) is 16.9. The van der Waals surface area contributed by atoms with Gasteiger partial charge in [0, 0.05) is 26.7 Å². The average Bonchev–Trinajstić information content (AvgIpc) is 2.66. The van der Waals surface area contributed by atoms with Crippen molar-refractivity contribution in [1.82, 2.24) is 15.1 Å². The molecule has 1 fully saturated rings. The fourth-order valence-corrected chi connectivity index (χ4v) is 3.64. The monoisotopic (exact) mass is 375 g/mol. The molecule has 1 heterocycles. The molecule has 0 spiro atoms. The van der Waals surface area contributed by atoms with Gasteiger partial charge in [-0.05, 0) is 56.7 Å². The Labute approximate surface area is 162 Å². The first-order valence-corrected chi connectivity index (χ1v) is 9.91. The van der Waals surface area contributed by atoms with E-state index in [2.05, 4.69) is 41.4 Å². The predicted octanol–water partition coefficient (Wildman–Crippen LogP) is 2.45. The first-order chi connectivity index (χ1) is 13.0. The van der Waals surface area contributed by atoms with Gasteiger partial charge in [0.25, 0.3) is 0 Å². The van der Waals surface area contributed by atoms with Gasteiger partial charge in [-0.3, -0.25) is 4.79 Å². The summed E-state index contributed by atoms with van der Waals surface area (Å²) in [7, 11) is 1.78. The zero-order chi connectivity index (χ0) is 19.6. The third kappa shape index (κ3) is 7.21. The molecule has 2 amide bonds. The molecule has 0 unspecified atom stereocenters. The quantitative estimate of drug-likeness (QED) is 0.709. The van der Waals surface area contributed by atoms with E-state index in [4.69, 9.17) is 4.74 Å². The van der Waals surface area contributed by atoms with Crippen molar-refractivity contribution in [3.05, 3.63) is 35.4 Å². The van der Waals surface area contributed by atoms with E-state index in [0.717, 1.165) is 38.9 Å². The van der Waals surface area contributed by atoms with Crippen molar-refractivity contribution < 1.29 is 14.3 Å². The minimum absolute atomic E-state index is 0.0791. The summed E-state index contributed by atoms with van der Waals surface area (Å²) in [5.41, 5.74) is 2.76. The van der Waals surface area contributed by atoms with Crippen LogP contribution in [0.1, 0.15) is 30.9 Å². The first kappa shape index (κ1) is 21.2. The summed E-state index contributed by atoms with van der Waals surface area (Å²) in [6.45, 7) is 8.06. The number of ether oxygens (including phenoxy) is 1. The van der Waals surface area contributed by atoms with Gasteiger partial charge in [0.1, 0.15) is 6.54 Å². The number of nitrogens with zero attached hydrogens (tertiary/aromatic N) is 2. The Morgan fingerprint density at radius 1 is 1.33 bits per heavy atom. The van der Waals surface area contributed by atoms with E-state index >= 15 is 0 Å². The molecule has 150 valence electrons. The summed E-state index contributed by atoms with van der Waals surface area (Å²) < 4.78 is 4.83. The summed E-state index contributed by atoms with van der Waals surface area (Å²) in [4.78, 5) is 27.7. The van der Waals surface area contributed by atoms with Gasteiger partial charge in [-0.15, -0.1) is 0 Å². The van der Waals surface area contributed by atoms with Crippen LogP contribution in [0.2, 0.25) is 0 Å². The van der Waals surface area contributed by atoms with Crippen LogP contribution in [-0.4, -0.2) is 68.2 Å². The highest BCUT2D eigenvalue weighted by molar-refractivity contribution is 5.80. The summed E-state index contributed by atoms with van der Waals surface area (Å²) >= 11 is 0. The molecular formula is C21H33N3O3. The van der Waals surface area contributed by atoms with Crippen LogP contribution in [0.3, 0.4) is 0 Å². The lowest BCUT2D eigenvalue weighted by Gasteiger charge is -2.34. The van der Waals surface area contributed by atoms with Crippen molar-refractivity contribution in [2.24, 2.45) is 5.92 Å². The van der Waals surface area contributed by atoms with Crippen LogP contribution in [0.4, 0.5) is 4.79 Å². The topological polar surface area (TPSA) is 61.9 Å². The Morgan fingerprint density at radius 2 is 2.11 bits per heavy atom. The van der Waals surface area contributed by atoms with Gasteiger partial charge in [0.05, 0.1) is 6.61 Å². The van der Waals surface area contributed by atoms with Crippen molar-refractivity contribution in [3.8, 4) is 0 Å². The fraction of sp³-hybridized carbons (Fsp3) is 0.619. The van der Waals surface area contributed by atoms with E-state index in [1.54, 1.807) is 18.9 Å². The van der Waals surface area contributed by atoms with Crippen LogP contribution in [0.15, 0.2) is 24.3 Å². The van der Waals surface area contributed by atoms with Gasteiger partial charge < -0.3 is 19.9 Å². The van der Waals surface area contributed by atoms with Gasteiger partial charge in [-0.25, -0.2) is 4.79 Å². The largest absolute Gasteiger partial charge is 0.465 e. The maximum Gasteiger partial charge on any atom is 0.325 e. The Bertz CT molecular complexity index is 620. The van der Waals surface area contributed by atoms with Gasteiger partial charge in [-0.1, -0.05) is 24.3 Å². The molecule has 0 aromatic heterocycles. The lowest BCUT2D eigenvalue weighted by molar-refractivity contribution is -0.141. The number of benzene rings is 1. The van der Waals surface area contributed by atoms with Gasteiger partial charge >= 0.3 is 12.0 Å². The Kier molecular flexibility index (Phi) is 8.58. The van der Waals surface area contributed by atoms with Crippen molar-refractivity contribution >= 4 is 12.0 Å².